The summed E-state index contributed by atoms with van der Waals surface area (Å²) in [5, 5.41) is 98.6. The molecule has 0 saturated carbocycles. The number of carboxylic acid groups (broad SMARTS) is 8. The van der Waals surface area contributed by atoms with Gasteiger partial charge in [-0.1, -0.05) is 48.9 Å². The molecule has 0 saturated heterocycles. The lowest BCUT2D eigenvalue weighted by atomic mass is 10.0. The molecular weight excluding hydrogens is 1150 g/mol. The van der Waals surface area contributed by atoms with E-state index < -0.39 is 134 Å². The van der Waals surface area contributed by atoms with Crippen molar-refractivity contribution in [2.24, 2.45) is 0 Å². The van der Waals surface area contributed by atoms with Gasteiger partial charge in [-0.2, -0.15) is 0 Å². The number of hydrogen-bond donors (Lipinski definition) is 17. The third-order valence-corrected chi connectivity index (χ3v) is 13.0. The molecule has 31 nitrogen and oxygen atoms in total. The van der Waals surface area contributed by atoms with Crippen molar-refractivity contribution in [1.29, 1.82) is 0 Å². The number of nitrogens with zero attached hydrogens (tertiary/aromatic N) is 2. The number of thiocarbonyl (C=S) groups is 1. The first-order chi connectivity index (χ1) is 40.8. The highest BCUT2D eigenvalue weighted by molar-refractivity contribution is 7.80. The van der Waals surface area contributed by atoms with Crippen molar-refractivity contribution >= 4 is 94.5 Å². The molecule has 476 valence electrons. The summed E-state index contributed by atoms with van der Waals surface area (Å²) in [6, 6.07) is 8.36. The summed E-state index contributed by atoms with van der Waals surface area (Å²) in [5.74, 6) is -12.0. The van der Waals surface area contributed by atoms with Crippen LogP contribution in [0.3, 0.4) is 0 Å². The second kappa shape index (κ2) is 41.4. The van der Waals surface area contributed by atoms with Gasteiger partial charge < -0.3 is 88.7 Å². The lowest BCUT2D eigenvalue weighted by Gasteiger charge is -2.33. The molecule has 0 aliphatic carbocycles. The summed E-state index contributed by atoms with van der Waals surface area (Å²) in [6.45, 7) is -0.561. The largest absolute Gasteiger partial charge is 0.481 e. The summed E-state index contributed by atoms with van der Waals surface area (Å²) in [6.07, 6.45) is 0.121. The van der Waals surface area contributed by atoms with Crippen molar-refractivity contribution in [3.8, 4) is 0 Å². The number of hydrogen-bond acceptors (Lipinski definition) is 17. The standard InChI is InChI=1S/C54H79N11O20S/c66-42(12-5-2-7-22-58-54(86)59-36-15-13-35(14-16-36)27-37(29-56-31-46(73)74)65(33-48(77)78)26-25-64(32-47(75)76)24-23-55-30-45(71)72)60-38(17-19-43(67)68)50(80)61-41(28-34-9-3-1-4-10-34)49(79)57-21-8-6-11-39(51(81)82)62-53(85)63-40(52(83)84)18-20-44(69)70/h1,3-4,9-10,13-16,37-41,55-56H,2,5-8,11-12,17-33H2,(H,57,79)(H,60,66)(H,61,80)(H,67,68)(H,69,70)(H,71,72)(H,73,74)(H,75,76)(H,77,78)(H,81,82)(H,83,84)(H2,58,59,86)(H2,62,63,85). The first-order valence-electron chi connectivity index (χ1n) is 27.6. The van der Waals surface area contributed by atoms with Crippen LogP contribution in [0.1, 0.15) is 81.8 Å². The predicted octanol–water partition coefficient (Wildman–Crippen LogP) is -1.000. The molecule has 0 heterocycles. The van der Waals surface area contributed by atoms with Gasteiger partial charge in [-0.15, -0.1) is 0 Å². The second-order valence-electron chi connectivity index (χ2n) is 19.8. The van der Waals surface area contributed by atoms with Crippen LogP contribution in [0.2, 0.25) is 0 Å². The molecule has 0 aliphatic heterocycles. The molecule has 0 radical (unpaired) electrons. The summed E-state index contributed by atoms with van der Waals surface area (Å²) in [4.78, 5) is 147. The molecule has 2 aromatic carbocycles. The Morgan fingerprint density at radius 3 is 1.63 bits per heavy atom. The van der Waals surface area contributed by atoms with E-state index >= 15 is 0 Å². The van der Waals surface area contributed by atoms with Gasteiger partial charge in [0, 0.05) is 83.2 Å². The molecule has 5 unspecified atom stereocenters. The first-order valence-corrected chi connectivity index (χ1v) is 28.0. The minimum atomic E-state index is -1.59. The highest BCUT2D eigenvalue weighted by Gasteiger charge is 2.29. The minimum absolute atomic E-state index is 0.00280. The molecule has 2 aromatic rings. The first kappa shape index (κ1) is 73.5. The molecule has 5 atom stereocenters. The van der Waals surface area contributed by atoms with E-state index in [1.54, 1.807) is 59.5 Å². The second-order valence-corrected chi connectivity index (χ2v) is 20.2. The van der Waals surface area contributed by atoms with E-state index in [0.29, 0.717) is 37.1 Å². The van der Waals surface area contributed by atoms with Crippen LogP contribution in [0, 0.1) is 0 Å². The molecule has 5 amide bonds. The Bertz CT molecular complexity index is 2570. The number of carboxylic acids is 8. The van der Waals surface area contributed by atoms with Gasteiger partial charge in [-0.3, -0.25) is 53.0 Å². The van der Waals surface area contributed by atoms with Gasteiger partial charge in [0.2, 0.25) is 17.7 Å². The number of amides is 5. The van der Waals surface area contributed by atoms with Gasteiger partial charge >= 0.3 is 53.8 Å². The highest BCUT2D eigenvalue weighted by atomic mass is 32.1. The van der Waals surface area contributed by atoms with E-state index in [9.17, 15) is 88.2 Å². The predicted molar refractivity (Wildman–Crippen MR) is 310 cm³/mol. The third-order valence-electron chi connectivity index (χ3n) is 12.8. The van der Waals surface area contributed by atoms with Crippen LogP contribution >= 0.6 is 12.2 Å². The van der Waals surface area contributed by atoms with Gasteiger partial charge in [0.1, 0.15) is 24.2 Å². The SMILES string of the molecule is O=C(O)CCC(NC(=O)NC(CCCCNC(=O)C(Cc1ccccc1)NC(=O)C(CCC(=O)O)NC(=O)CCCCCNC(=S)Nc1ccc(CC(CNCC(=O)O)N(CCN(CCNCC(=O)O)CC(=O)O)CC(=O)O)cc1)C(=O)O)C(=O)O. The number of carbonyl (C=O) groups excluding carboxylic acids is 4. The summed E-state index contributed by atoms with van der Waals surface area (Å²) in [7, 11) is 0. The summed E-state index contributed by atoms with van der Waals surface area (Å²) < 4.78 is 0. The number of aliphatic carboxylic acids is 8. The lowest BCUT2D eigenvalue weighted by molar-refractivity contribution is -0.141. The number of nitrogens with one attached hydrogen (secondary N) is 9. The molecule has 0 bridgehead atoms. The van der Waals surface area contributed by atoms with Crippen molar-refractivity contribution in [1.82, 2.24) is 52.3 Å². The maximum absolute atomic E-state index is 13.7. The Hall–Kier alpha value is -8.59. The zero-order valence-corrected chi connectivity index (χ0v) is 48.1. The van der Waals surface area contributed by atoms with E-state index in [-0.39, 0.29) is 102 Å². The number of benzene rings is 2. The summed E-state index contributed by atoms with van der Waals surface area (Å²) in [5.41, 5.74) is 2.02. The van der Waals surface area contributed by atoms with Gasteiger partial charge in [-0.05, 0) is 86.8 Å². The zero-order chi connectivity index (χ0) is 64.0. The molecule has 86 heavy (non-hydrogen) atoms. The monoisotopic (exact) mass is 1230 g/mol. The fourth-order valence-corrected chi connectivity index (χ4v) is 8.67. The summed E-state index contributed by atoms with van der Waals surface area (Å²) >= 11 is 5.47. The van der Waals surface area contributed by atoms with Crippen LogP contribution < -0.4 is 47.9 Å². The van der Waals surface area contributed by atoms with Gasteiger partial charge in [0.05, 0.1) is 26.2 Å². The average molecular weight is 1230 g/mol. The van der Waals surface area contributed by atoms with Crippen molar-refractivity contribution in [2.45, 2.75) is 114 Å². The molecule has 17 N–H and O–H groups in total. The lowest BCUT2D eigenvalue weighted by Crippen LogP contribution is -2.54. The van der Waals surface area contributed by atoms with Crippen LogP contribution in [0.25, 0.3) is 0 Å². The van der Waals surface area contributed by atoms with Gasteiger partial charge in [0.15, 0.2) is 5.11 Å². The van der Waals surface area contributed by atoms with Crippen LogP contribution in [0.4, 0.5) is 10.5 Å². The normalized spacial score (nSPS) is 12.7. The Kier molecular flexibility index (Phi) is 35.4. The number of anilines is 1. The molecule has 0 aliphatic rings. The quantitative estimate of drug-likeness (QED) is 0.0279. The van der Waals surface area contributed by atoms with Crippen LogP contribution in [0.5, 0.6) is 0 Å². The van der Waals surface area contributed by atoms with E-state index in [1.165, 1.54) is 4.90 Å². The van der Waals surface area contributed by atoms with E-state index in [1.807, 2.05) is 5.32 Å². The molecule has 32 heteroatoms. The maximum Gasteiger partial charge on any atom is 0.326 e. The van der Waals surface area contributed by atoms with Crippen molar-refractivity contribution < 1.29 is 98.4 Å². The smallest absolute Gasteiger partial charge is 0.326 e. The maximum atomic E-state index is 13.7. The van der Waals surface area contributed by atoms with E-state index in [4.69, 9.17) is 22.4 Å². The molecule has 2 rings (SSSR count). The zero-order valence-electron chi connectivity index (χ0n) is 47.3. The Balaban J connectivity index is 1.96. The Labute approximate surface area is 500 Å². The van der Waals surface area contributed by atoms with Crippen LogP contribution in [0.15, 0.2) is 54.6 Å². The van der Waals surface area contributed by atoms with Crippen molar-refractivity contribution in [2.75, 3.05) is 77.3 Å². The van der Waals surface area contributed by atoms with Crippen molar-refractivity contribution in [3.05, 3.63) is 65.7 Å². The highest BCUT2D eigenvalue weighted by Crippen LogP contribution is 2.15. The third kappa shape index (κ3) is 34.3. The fourth-order valence-electron chi connectivity index (χ4n) is 8.45. The van der Waals surface area contributed by atoms with Gasteiger partial charge in [-0.25, -0.2) is 14.4 Å². The topological polar surface area (TPSA) is 481 Å². The van der Waals surface area contributed by atoms with Crippen LogP contribution in [-0.4, -0.2) is 229 Å². The fraction of sp³-hybridized carbons (Fsp3) is 0.537. The molecule has 0 aromatic heterocycles. The van der Waals surface area contributed by atoms with E-state index in [0.717, 1.165) is 5.56 Å². The molecular formula is C54H79N11O20S. The van der Waals surface area contributed by atoms with Gasteiger partial charge in [0.25, 0.3) is 0 Å². The van der Waals surface area contributed by atoms with Crippen LogP contribution in [-0.2, 0) is 65.6 Å². The number of unbranched alkanes of at least 4 members (excludes halogenated alkanes) is 3. The van der Waals surface area contributed by atoms with E-state index in [2.05, 4.69) is 42.5 Å². The number of rotatable bonds is 47. The van der Waals surface area contributed by atoms with Crippen molar-refractivity contribution in [3.63, 3.8) is 0 Å². The average Bonchev–Trinajstić information content (AvgIpc) is 3.58. The molecule has 0 spiro atoms. The Morgan fingerprint density at radius 1 is 0.465 bits per heavy atom. The minimum Gasteiger partial charge on any atom is -0.481 e. The molecule has 0 fully saturated rings. The Morgan fingerprint density at radius 2 is 1.03 bits per heavy atom. The number of urea groups is 1. The number of carbonyl (C=O) groups is 12.